The number of nitrogens with zero attached hydrogens (tertiary/aromatic N) is 3. The fourth-order valence-electron chi connectivity index (χ4n) is 3.61. The highest BCUT2D eigenvalue weighted by atomic mass is 16.3. The Labute approximate surface area is 126 Å². The van der Waals surface area contributed by atoms with Gasteiger partial charge in [-0.3, -0.25) is 4.90 Å². The number of aliphatic hydroxyl groups is 1. The number of benzene rings is 1. The minimum atomic E-state index is -0.501. The zero-order valence-corrected chi connectivity index (χ0v) is 12.6. The lowest BCUT2D eigenvalue weighted by atomic mass is 10.0. The second kappa shape index (κ2) is 6.05. The molecule has 0 spiro atoms. The van der Waals surface area contributed by atoms with Crippen LogP contribution in [0.1, 0.15) is 43.4 Å². The van der Waals surface area contributed by atoms with Crippen molar-refractivity contribution in [3.63, 3.8) is 0 Å². The van der Waals surface area contributed by atoms with Gasteiger partial charge in [0.2, 0.25) is 0 Å². The number of hydrogen-bond donors (Lipinski definition) is 1. The molecular formula is C17H23N3O. The van der Waals surface area contributed by atoms with Gasteiger partial charge < -0.3 is 10.0 Å². The summed E-state index contributed by atoms with van der Waals surface area (Å²) in [5.74, 6) is 0. The normalized spacial score (nSPS) is 24.2. The minimum absolute atomic E-state index is 0.501. The molecule has 2 fully saturated rings. The van der Waals surface area contributed by atoms with Crippen LogP contribution < -0.4 is 4.90 Å². The monoisotopic (exact) mass is 285 g/mol. The Morgan fingerprint density at radius 3 is 2.71 bits per heavy atom. The number of hydrogen-bond acceptors (Lipinski definition) is 4. The lowest BCUT2D eigenvalue weighted by Crippen LogP contribution is -2.35. The van der Waals surface area contributed by atoms with E-state index in [0.717, 1.165) is 24.3 Å². The van der Waals surface area contributed by atoms with E-state index in [0.29, 0.717) is 11.6 Å². The van der Waals surface area contributed by atoms with Crippen LogP contribution in [0.3, 0.4) is 0 Å². The molecule has 21 heavy (non-hydrogen) atoms. The summed E-state index contributed by atoms with van der Waals surface area (Å²) in [5.41, 5.74) is 2.63. The summed E-state index contributed by atoms with van der Waals surface area (Å²) in [7, 11) is 0. The summed E-state index contributed by atoms with van der Waals surface area (Å²) in [6.45, 7) is 6.25. The first-order valence-corrected chi connectivity index (χ1v) is 7.90. The predicted molar refractivity (Wildman–Crippen MR) is 83.2 cm³/mol. The zero-order valence-electron chi connectivity index (χ0n) is 12.6. The predicted octanol–water partition coefficient (Wildman–Crippen LogP) is 2.29. The molecule has 2 heterocycles. The van der Waals surface area contributed by atoms with Crippen LogP contribution in [0.25, 0.3) is 0 Å². The lowest BCUT2D eigenvalue weighted by Gasteiger charge is -2.26. The number of likely N-dealkylation sites (tertiary alicyclic amines) is 1. The highest BCUT2D eigenvalue weighted by molar-refractivity contribution is 5.59. The summed E-state index contributed by atoms with van der Waals surface area (Å²) in [6, 6.07) is 8.44. The highest BCUT2D eigenvalue weighted by Crippen LogP contribution is 2.32. The molecule has 2 unspecified atom stereocenters. The van der Waals surface area contributed by atoms with Crippen molar-refractivity contribution in [1.82, 2.24) is 4.90 Å². The number of aliphatic hydroxyl groups excluding tert-OH is 1. The van der Waals surface area contributed by atoms with E-state index >= 15 is 0 Å². The average Bonchev–Trinajstić information content (AvgIpc) is 3.17. The van der Waals surface area contributed by atoms with Gasteiger partial charge in [0.1, 0.15) is 0 Å². The molecule has 1 aromatic rings. The molecule has 2 aliphatic rings. The number of anilines is 1. The second-order valence-electron chi connectivity index (χ2n) is 6.19. The van der Waals surface area contributed by atoms with E-state index in [1.165, 1.54) is 32.4 Å². The minimum Gasteiger partial charge on any atom is -0.389 e. The van der Waals surface area contributed by atoms with Gasteiger partial charge in [-0.15, -0.1) is 0 Å². The van der Waals surface area contributed by atoms with Gasteiger partial charge in [0, 0.05) is 30.4 Å². The van der Waals surface area contributed by atoms with Crippen molar-refractivity contribution in [3.05, 3.63) is 29.3 Å². The fourth-order valence-corrected chi connectivity index (χ4v) is 3.61. The van der Waals surface area contributed by atoms with Crippen molar-refractivity contribution in [2.75, 3.05) is 31.1 Å². The number of nitriles is 1. The molecular weight excluding hydrogens is 262 g/mol. The summed E-state index contributed by atoms with van der Waals surface area (Å²) < 4.78 is 0. The van der Waals surface area contributed by atoms with Crippen LogP contribution in [0, 0.1) is 11.3 Å². The Hall–Kier alpha value is -1.57. The van der Waals surface area contributed by atoms with Crippen LogP contribution in [-0.2, 0) is 0 Å². The summed E-state index contributed by atoms with van der Waals surface area (Å²) in [5, 5.41) is 19.1. The van der Waals surface area contributed by atoms with Crippen LogP contribution in [0.2, 0.25) is 0 Å². The molecule has 2 atom stereocenters. The molecule has 2 saturated heterocycles. The van der Waals surface area contributed by atoms with Gasteiger partial charge in [-0.25, -0.2) is 0 Å². The Morgan fingerprint density at radius 2 is 2.05 bits per heavy atom. The maximum atomic E-state index is 9.99. The molecule has 112 valence electrons. The van der Waals surface area contributed by atoms with Crippen LogP contribution in [0.4, 0.5) is 5.69 Å². The van der Waals surface area contributed by atoms with Gasteiger partial charge in [0.05, 0.1) is 17.7 Å². The standard InChI is InChI=1S/C17H23N3O/c1-13(21)16-5-4-14(11-18)10-17(16)20-9-6-15(12-20)19-7-2-3-8-19/h4-5,10,13,15,21H,2-3,6-9,12H2,1H3. The van der Waals surface area contributed by atoms with Crippen molar-refractivity contribution in [1.29, 1.82) is 5.26 Å². The van der Waals surface area contributed by atoms with E-state index in [9.17, 15) is 5.11 Å². The molecule has 0 saturated carbocycles. The maximum absolute atomic E-state index is 9.99. The van der Waals surface area contributed by atoms with E-state index in [1.54, 1.807) is 13.0 Å². The summed E-state index contributed by atoms with van der Waals surface area (Å²) in [4.78, 5) is 4.93. The zero-order chi connectivity index (χ0) is 14.8. The van der Waals surface area contributed by atoms with Crippen LogP contribution in [-0.4, -0.2) is 42.2 Å². The van der Waals surface area contributed by atoms with Gasteiger partial charge >= 0.3 is 0 Å². The first-order valence-electron chi connectivity index (χ1n) is 7.90. The van der Waals surface area contributed by atoms with Gasteiger partial charge in [0.25, 0.3) is 0 Å². The Balaban J connectivity index is 1.81. The van der Waals surface area contributed by atoms with E-state index < -0.39 is 6.10 Å². The smallest absolute Gasteiger partial charge is 0.0992 e. The first kappa shape index (κ1) is 14.4. The Kier molecular flexibility index (Phi) is 4.14. The van der Waals surface area contributed by atoms with E-state index in [1.807, 2.05) is 12.1 Å². The molecule has 2 aliphatic heterocycles. The van der Waals surface area contributed by atoms with Crippen molar-refractivity contribution in [3.8, 4) is 6.07 Å². The summed E-state index contributed by atoms with van der Waals surface area (Å²) in [6.07, 6.45) is 3.31. The van der Waals surface area contributed by atoms with Gasteiger partial charge in [-0.05, 0) is 51.4 Å². The van der Waals surface area contributed by atoms with Crippen molar-refractivity contribution >= 4 is 5.69 Å². The average molecular weight is 285 g/mol. The van der Waals surface area contributed by atoms with Crippen LogP contribution in [0.5, 0.6) is 0 Å². The third kappa shape index (κ3) is 2.90. The van der Waals surface area contributed by atoms with Gasteiger partial charge in [-0.1, -0.05) is 6.07 Å². The third-order valence-electron chi connectivity index (χ3n) is 4.77. The van der Waals surface area contributed by atoms with Crippen molar-refractivity contribution in [2.45, 2.75) is 38.3 Å². The molecule has 1 N–H and O–H groups in total. The molecule has 0 amide bonds. The van der Waals surface area contributed by atoms with Crippen molar-refractivity contribution in [2.24, 2.45) is 0 Å². The highest BCUT2D eigenvalue weighted by Gasteiger charge is 2.30. The maximum Gasteiger partial charge on any atom is 0.0992 e. The first-order chi connectivity index (χ1) is 10.2. The quantitative estimate of drug-likeness (QED) is 0.925. The molecule has 0 radical (unpaired) electrons. The van der Waals surface area contributed by atoms with Crippen LogP contribution >= 0.6 is 0 Å². The van der Waals surface area contributed by atoms with E-state index in [2.05, 4.69) is 15.9 Å². The lowest BCUT2D eigenvalue weighted by molar-refractivity contribution is 0.199. The van der Waals surface area contributed by atoms with Gasteiger partial charge in [0.15, 0.2) is 0 Å². The van der Waals surface area contributed by atoms with Gasteiger partial charge in [-0.2, -0.15) is 5.26 Å². The Bertz CT molecular complexity index is 543. The molecule has 4 nitrogen and oxygen atoms in total. The molecule has 3 rings (SSSR count). The molecule has 0 aromatic heterocycles. The largest absolute Gasteiger partial charge is 0.389 e. The second-order valence-corrected chi connectivity index (χ2v) is 6.19. The molecule has 0 aliphatic carbocycles. The number of rotatable bonds is 3. The van der Waals surface area contributed by atoms with Crippen LogP contribution in [0.15, 0.2) is 18.2 Å². The topological polar surface area (TPSA) is 50.5 Å². The van der Waals surface area contributed by atoms with E-state index in [4.69, 9.17) is 5.26 Å². The third-order valence-corrected chi connectivity index (χ3v) is 4.77. The molecule has 1 aromatic carbocycles. The molecule has 0 bridgehead atoms. The van der Waals surface area contributed by atoms with Crippen molar-refractivity contribution < 1.29 is 5.11 Å². The SMILES string of the molecule is CC(O)c1ccc(C#N)cc1N1CCC(N2CCCC2)C1. The molecule has 4 heteroatoms. The summed E-state index contributed by atoms with van der Waals surface area (Å²) >= 11 is 0. The Morgan fingerprint density at radius 1 is 1.29 bits per heavy atom. The van der Waals surface area contributed by atoms with E-state index in [-0.39, 0.29) is 0 Å². The fraction of sp³-hybridized carbons (Fsp3) is 0.588.